The second kappa shape index (κ2) is 6.94. The molecule has 1 heterocycles. The Labute approximate surface area is 109 Å². The molecule has 0 bridgehead atoms. The van der Waals surface area contributed by atoms with E-state index in [1.165, 1.54) is 32.6 Å². The highest BCUT2D eigenvalue weighted by atomic mass is 16.5. The average Bonchev–Trinajstić information content (AvgIpc) is 2.44. The van der Waals surface area contributed by atoms with Gasteiger partial charge in [0.1, 0.15) is 0 Å². The number of rotatable bonds is 4. The largest absolute Gasteiger partial charge is 0.465 e. The van der Waals surface area contributed by atoms with Crippen LogP contribution in [0.15, 0.2) is 18.5 Å². The van der Waals surface area contributed by atoms with Gasteiger partial charge in [-0.05, 0) is 6.07 Å². The standard InChI is InChI=1S/C11H14N4O4/c1-12-9(16)6-14-11(18)15-8-3-7(4-13-5-8)10(17)19-2/h3-5H,6H2,1-2H3,(H,12,16)(H2,14,15,18). The molecule has 8 heteroatoms. The van der Waals surface area contributed by atoms with Crippen molar-refractivity contribution in [2.45, 2.75) is 0 Å². The van der Waals surface area contributed by atoms with Crippen molar-refractivity contribution in [1.29, 1.82) is 0 Å². The molecule has 1 aromatic rings. The van der Waals surface area contributed by atoms with Crippen molar-refractivity contribution < 1.29 is 19.1 Å². The minimum Gasteiger partial charge on any atom is -0.465 e. The highest BCUT2D eigenvalue weighted by Gasteiger charge is 2.08. The minimum absolute atomic E-state index is 0.146. The van der Waals surface area contributed by atoms with E-state index in [4.69, 9.17) is 0 Å². The summed E-state index contributed by atoms with van der Waals surface area (Å²) in [6.07, 6.45) is 2.69. The Balaban J connectivity index is 2.59. The first-order valence-corrected chi connectivity index (χ1v) is 5.35. The number of likely N-dealkylation sites (N-methyl/N-ethyl adjacent to an activating group) is 1. The van der Waals surface area contributed by atoms with Gasteiger partial charge in [-0.1, -0.05) is 0 Å². The zero-order valence-electron chi connectivity index (χ0n) is 10.5. The molecular weight excluding hydrogens is 252 g/mol. The fraction of sp³-hybridized carbons (Fsp3) is 0.273. The quantitative estimate of drug-likeness (QED) is 0.650. The van der Waals surface area contributed by atoms with Crippen LogP contribution in [0, 0.1) is 0 Å². The van der Waals surface area contributed by atoms with Crippen molar-refractivity contribution in [1.82, 2.24) is 15.6 Å². The summed E-state index contributed by atoms with van der Waals surface area (Å²) in [5, 5.41) is 7.14. The molecule has 0 unspecified atom stereocenters. The van der Waals surface area contributed by atoms with Crippen LogP contribution in [-0.4, -0.2) is 43.6 Å². The van der Waals surface area contributed by atoms with Gasteiger partial charge in [-0.25, -0.2) is 9.59 Å². The van der Waals surface area contributed by atoms with Gasteiger partial charge in [0, 0.05) is 13.2 Å². The predicted molar refractivity (Wildman–Crippen MR) is 66.7 cm³/mol. The van der Waals surface area contributed by atoms with Crippen molar-refractivity contribution in [2.75, 3.05) is 26.0 Å². The molecule has 102 valence electrons. The molecule has 0 radical (unpaired) electrons. The van der Waals surface area contributed by atoms with Crippen molar-refractivity contribution >= 4 is 23.6 Å². The zero-order valence-corrected chi connectivity index (χ0v) is 10.5. The van der Waals surface area contributed by atoms with Crippen LogP contribution in [0.5, 0.6) is 0 Å². The molecule has 0 aliphatic heterocycles. The summed E-state index contributed by atoms with van der Waals surface area (Å²) >= 11 is 0. The molecule has 0 spiro atoms. The van der Waals surface area contributed by atoms with Crippen LogP contribution in [0.4, 0.5) is 10.5 Å². The first-order valence-electron chi connectivity index (χ1n) is 5.35. The lowest BCUT2D eigenvalue weighted by Gasteiger charge is -2.07. The SMILES string of the molecule is CNC(=O)CNC(=O)Nc1cncc(C(=O)OC)c1. The van der Waals surface area contributed by atoms with E-state index >= 15 is 0 Å². The lowest BCUT2D eigenvalue weighted by atomic mass is 10.2. The number of amides is 3. The van der Waals surface area contributed by atoms with Gasteiger partial charge < -0.3 is 20.7 Å². The number of nitrogens with one attached hydrogen (secondary N) is 3. The molecule has 3 N–H and O–H groups in total. The maximum absolute atomic E-state index is 11.4. The van der Waals surface area contributed by atoms with Crippen LogP contribution >= 0.6 is 0 Å². The molecule has 1 rings (SSSR count). The van der Waals surface area contributed by atoms with Gasteiger partial charge in [0.15, 0.2) is 0 Å². The normalized spacial score (nSPS) is 9.37. The molecule has 1 aromatic heterocycles. The van der Waals surface area contributed by atoms with E-state index in [1.54, 1.807) is 0 Å². The van der Waals surface area contributed by atoms with Gasteiger partial charge in [0.05, 0.1) is 31.1 Å². The molecule has 0 aliphatic rings. The van der Waals surface area contributed by atoms with Crippen molar-refractivity contribution in [3.63, 3.8) is 0 Å². The maximum Gasteiger partial charge on any atom is 0.339 e. The van der Waals surface area contributed by atoms with E-state index in [2.05, 4.69) is 25.7 Å². The molecule has 8 nitrogen and oxygen atoms in total. The number of anilines is 1. The topological polar surface area (TPSA) is 109 Å². The molecular formula is C11H14N4O4. The average molecular weight is 266 g/mol. The van der Waals surface area contributed by atoms with E-state index in [1.807, 2.05) is 0 Å². The summed E-state index contributed by atoms with van der Waals surface area (Å²) in [6.45, 7) is -0.146. The number of nitrogens with zero attached hydrogens (tertiary/aromatic N) is 1. The lowest BCUT2D eigenvalue weighted by molar-refractivity contribution is -0.119. The predicted octanol–water partition coefficient (Wildman–Crippen LogP) is -0.264. The summed E-state index contributed by atoms with van der Waals surface area (Å²) in [5.74, 6) is -0.876. The van der Waals surface area contributed by atoms with Crippen LogP contribution in [0.1, 0.15) is 10.4 Å². The first-order chi connectivity index (χ1) is 9.06. The van der Waals surface area contributed by atoms with E-state index in [-0.39, 0.29) is 18.0 Å². The number of pyridine rings is 1. The monoisotopic (exact) mass is 266 g/mol. The number of carbonyl (C=O) groups is 3. The molecule has 0 atom stereocenters. The number of hydrogen-bond acceptors (Lipinski definition) is 5. The Morgan fingerprint density at radius 3 is 2.68 bits per heavy atom. The van der Waals surface area contributed by atoms with Gasteiger partial charge >= 0.3 is 12.0 Å². The van der Waals surface area contributed by atoms with Crippen LogP contribution in [0.25, 0.3) is 0 Å². The van der Waals surface area contributed by atoms with Crippen molar-refractivity contribution in [3.8, 4) is 0 Å². The number of esters is 1. The lowest BCUT2D eigenvalue weighted by Crippen LogP contribution is -2.37. The molecule has 0 aliphatic carbocycles. The summed E-state index contributed by atoms with van der Waals surface area (Å²) in [6, 6.07) is 0.839. The van der Waals surface area contributed by atoms with Crippen LogP contribution in [0.2, 0.25) is 0 Å². The van der Waals surface area contributed by atoms with Gasteiger partial charge in [0.25, 0.3) is 0 Å². The molecule has 3 amide bonds. The Morgan fingerprint density at radius 1 is 1.32 bits per heavy atom. The van der Waals surface area contributed by atoms with E-state index < -0.39 is 12.0 Å². The van der Waals surface area contributed by atoms with Gasteiger partial charge in [-0.3, -0.25) is 9.78 Å². The highest BCUT2D eigenvalue weighted by molar-refractivity contribution is 5.94. The van der Waals surface area contributed by atoms with Crippen LogP contribution in [0.3, 0.4) is 0 Å². The van der Waals surface area contributed by atoms with Gasteiger partial charge in [-0.2, -0.15) is 0 Å². The third-order valence-corrected chi connectivity index (χ3v) is 2.11. The van der Waals surface area contributed by atoms with E-state index in [0.717, 1.165) is 0 Å². The van der Waals surface area contributed by atoms with Gasteiger partial charge in [-0.15, -0.1) is 0 Å². The molecule has 0 saturated heterocycles. The molecule has 19 heavy (non-hydrogen) atoms. The smallest absolute Gasteiger partial charge is 0.339 e. The number of carbonyl (C=O) groups excluding carboxylic acids is 3. The van der Waals surface area contributed by atoms with Crippen molar-refractivity contribution in [2.24, 2.45) is 0 Å². The molecule has 0 fully saturated rings. The Kier molecular flexibility index (Phi) is 5.27. The summed E-state index contributed by atoms with van der Waals surface area (Å²) in [5.41, 5.74) is 0.531. The summed E-state index contributed by atoms with van der Waals surface area (Å²) in [7, 11) is 2.71. The summed E-state index contributed by atoms with van der Waals surface area (Å²) in [4.78, 5) is 37.4. The second-order valence-electron chi connectivity index (χ2n) is 3.43. The summed E-state index contributed by atoms with van der Waals surface area (Å²) < 4.78 is 4.53. The fourth-order valence-corrected chi connectivity index (χ4v) is 1.16. The van der Waals surface area contributed by atoms with Crippen LogP contribution in [-0.2, 0) is 9.53 Å². The number of aromatic nitrogens is 1. The number of hydrogen-bond donors (Lipinski definition) is 3. The Hall–Kier alpha value is -2.64. The first kappa shape index (κ1) is 14.4. The third-order valence-electron chi connectivity index (χ3n) is 2.11. The molecule has 0 saturated carbocycles. The van der Waals surface area contributed by atoms with E-state index in [0.29, 0.717) is 5.69 Å². The number of urea groups is 1. The van der Waals surface area contributed by atoms with E-state index in [9.17, 15) is 14.4 Å². The van der Waals surface area contributed by atoms with Gasteiger partial charge in [0.2, 0.25) is 5.91 Å². The Morgan fingerprint density at radius 2 is 2.05 bits per heavy atom. The minimum atomic E-state index is -0.576. The Bertz CT molecular complexity index is 489. The second-order valence-corrected chi connectivity index (χ2v) is 3.43. The highest BCUT2D eigenvalue weighted by Crippen LogP contribution is 2.08. The molecule has 0 aromatic carbocycles. The fourth-order valence-electron chi connectivity index (χ4n) is 1.16. The zero-order chi connectivity index (χ0) is 14.3. The maximum atomic E-state index is 11.4. The third kappa shape index (κ3) is 4.62. The van der Waals surface area contributed by atoms with Crippen molar-refractivity contribution in [3.05, 3.63) is 24.0 Å². The number of ether oxygens (including phenoxy) is 1. The number of methoxy groups -OCH3 is 1. The van der Waals surface area contributed by atoms with Crippen LogP contribution < -0.4 is 16.0 Å².